The molecule has 0 radical (unpaired) electrons. The molecule has 0 spiro atoms. The van der Waals surface area contributed by atoms with E-state index in [0.29, 0.717) is 5.75 Å². The van der Waals surface area contributed by atoms with Gasteiger partial charge in [0, 0.05) is 7.11 Å². The molecule has 15 heavy (non-hydrogen) atoms. The van der Waals surface area contributed by atoms with E-state index in [0.717, 1.165) is 0 Å². The lowest BCUT2D eigenvalue weighted by Crippen LogP contribution is -2.13. The van der Waals surface area contributed by atoms with Crippen LogP contribution in [0.15, 0.2) is 29.2 Å². The van der Waals surface area contributed by atoms with Crippen molar-refractivity contribution >= 4 is 10.1 Å². The van der Waals surface area contributed by atoms with Crippen molar-refractivity contribution in [1.29, 1.82) is 0 Å². The maximum Gasteiger partial charge on any atom is 0.294 e. The van der Waals surface area contributed by atoms with Crippen molar-refractivity contribution in [2.75, 3.05) is 7.11 Å². The van der Waals surface area contributed by atoms with E-state index in [1.165, 1.54) is 31.4 Å². The summed E-state index contributed by atoms with van der Waals surface area (Å²) in [5, 5.41) is 0. The number of hydrogen-bond donors (Lipinski definition) is 1. The summed E-state index contributed by atoms with van der Waals surface area (Å²) >= 11 is 0. The van der Waals surface area contributed by atoms with Crippen molar-refractivity contribution in [1.82, 2.24) is 0 Å². The Labute approximate surface area is 88.4 Å². The summed E-state index contributed by atoms with van der Waals surface area (Å²) in [6.45, 7) is 1.71. The number of rotatable bonds is 4. The topological polar surface area (TPSA) is 72.8 Å². The molecule has 1 rings (SSSR count). The highest BCUT2D eigenvalue weighted by molar-refractivity contribution is 7.85. The lowest BCUT2D eigenvalue weighted by Gasteiger charge is -2.12. The predicted molar refractivity (Wildman–Crippen MR) is 53.4 cm³/mol. The van der Waals surface area contributed by atoms with Crippen LogP contribution in [0.4, 0.5) is 0 Å². The minimum absolute atomic E-state index is 0.167. The van der Waals surface area contributed by atoms with Crippen LogP contribution in [-0.2, 0) is 14.9 Å². The first-order valence-corrected chi connectivity index (χ1v) is 5.64. The molecule has 84 valence electrons. The molecule has 0 heterocycles. The van der Waals surface area contributed by atoms with Crippen LogP contribution in [0.5, 0.6) is 5.75 Å². The lowest BCUT2D eigenvalue weighted by molar-refractivity contribution is -0.0383. The summed E-state index contributed by atoms with van der Waals surface area (Å²) in [7, 11) is -2.64. The molecule has 0 bridgehead atoms. The molecule has 0 saturated heterocycles. The van der Waals surface area contributed by atoms with Crippen molar-refractivity contribution in [3.8, 4) is 5.75 Å². The summed E-state index contributed by atoms with van der Waals surface area (Å²) < 4.78 is 40.2. The molecular formula is C9H12O5S. The number of ether oxygens (including phenoxy) is 2. The molecule has 6 heteroatoms. The van der Waals surface area contributed by atoms with Gasteiger partial charge in [-0.2, -0.15) is 8.42 Å². The van der Waals surface area contributed by atoms with Gasteiger partial charge in [-0.1, -0.05) is 0 Å². The van der Waals surface area contributed by atoms with E-state index in [-0.39, 0.29) is 4.90 Å². The number of benzene rings is 1. The largest absolute Gasteiger partial charge is 0.465 e. The molecule has 0 aromatic heterocycles. The van der Waals surface area contributed by atoms with Crippen LogP contribution in [0.1, 0.15) is 6.92 Å². The van der Waals surface area contributed by atoms with Gasteiger partial charge >= 0.3 is 0 Å². The standard InChI is InChI=1S/C9H12O5S/c1-7(13-2)14-8-3-5-9(6-4-8)15(10,11)12/h3-7H,1-2H3,(H,10,11,12). The van der Waals surface area contributed by atoms with Gasteiger partial charge in [0.2, 0.25) is 0 Å². The normalized spacial score (nSPS) is 13.5. The van der Waals surface area contributed by atoms with Crippen LogP contribution in [-0.4, -0.2) is 26.4 Å². The third-order valence-corrected chi connectivity index (χ3v) is 2.62. The second kappa shape index (κ2) is 4.61. The second-order valence-electron chi connectivity index (χ2n) is 2.87. The van der Waals surface area contributed by atoms with Crippen molar-refractivity contribution in [2.24, 2.45) is 0 Å². The van der Waals surface area contributed by atoms with Crippen LogP contribution in [0, 0.1) is 0 Å². The van der Waals surface area contributed by atoms with Crippen LogP contribution in [0.3, 0.4) is 0 Å². The summed E-state index contributed by atoms with van der Waals surface area (Å²) in [6.07, 6.45) is -0.415. The van der Waals surface area contributed by atoms with Gasteiger partial charge in [0.15, 0.2) is 6.29 Å². The Kier molecular flexibility index (Phi) is 3.67. The van der Waals surface area contributed by atoms with Gasteiger partial charge in [-0.05, 0) is 31.2 Å². The summed E-state index contributed by atoms with van der Waals surface area (Å²) in [6, 6.07) is 5.40. The Bertz CT molecular complexity index is 409. The Balaban J connectivity index is 2.82. The monoisotopic (exact) mass is 232 g/mol. The third-order valence-electron chi connectivity index (χ3n) is 1.76. The Morgan fingerprint density at radius 2 is 1.80 bits per heavy atom. The molecule has 0 amide bonds. The summed E-state index contributed by atoms with van der Waals surface area (Å²) in [5.74, 6) is 0.469. The van der Waals surface area contributed by atoms with E-state index >= 15 is 0 Å². The molecule has 1 aromatic rings. The maximum atomic E-state index is 10.7. The van der Waals surface area contributed by atoms with Crippen LogP contribution in [0.2, 0.25) is 0 Å². The van der Waals surface area contributed by atoms with Crippen molar-refractivity contribution in [2.45, 2.75) is 18.1 Å². The third kappa shape index (κ3) is 3.50. The fourth-order valence-electron chi connectivity index (χ4n) is 0.930. The molecule has 1 atom stereocenters. The maximum absolute atomic E-state index is 10.7. The van der Waals surface area contributed by atoms with E-state index in [4.69, 9.17) is 14.0 Å². The smallest absolute Gasteiger partial charge is 0.294 e. The molecule has 0 aliphatic rings. The molecule has 5 nitrogen and oxygen atoms in total. The van der Waals surface area contributed by atoms with E-state index in [2.05, 4.69) is 0 Å². The summed E-state index contributed by atoms with van der Waals surface area (Å²) in [5.41, 5.74) is 0. The Morgan fingerprint density at radius 3 is 2.20 bits per heavy atom. The zero-order valence-corrected chi connectivity index (χ0v) is 9.19. The molecule has 0 fully saturated rings. The predicted octanol–water partition coefficient (Wildman–Crippen LogP) is 1.30. The van der Waals surface area contributed by atoms with E-state index in [1.807, 2.05) is 0 Å². The molecule has 1 aromatic carbocycles. The van der Waals surface area contributed by atoms with Crippen molar-refractivity contribution in [3.63, 3.8) is 0 Å². The van der Waals surface area contributed by atoms with E-state index < -0.39 is 16.4 Å². The minimum Gasteiger partial charge on any atom is -0.465 e. The molecule has 1 N–H and O–H groups in total. The number of hydrogen-bond acceptors (Lipinski definition) is 4. The molecule has 0 aliphatic carbocycles. The zero-order valence-electron chi connectivity index (χ0n) is 8.38. The van der Waals surface area contributed by atoms with E-state index in [1.54, 1.807) is 6.92 Å². The van der Waals surface area contributed by atoms with Gasteiger partial charge in [0.05, 0.1) is 4.90 Å². The highest BCUT2D eigenvalue weighted by atomic mass is 32.2. The first-order chi connectivity index (χ1) is 6.93. The first-order valence-electron chi connectivity index (χ1n) is 4.20. The highest BCUT2D eigenvalue weighted by Gasteiger charge is 2.09. The summed E-state index contributed by atoms with van der Waals surface area (Å²) in [4.78, 5) is -0.167. The lowest BCUT2D eigenvalue weighted by atomic mass is 10.3. The second-order valence-corrected chi connectivity index (χ2v) is 4.29. The van der Waals surface area contributed by atoms with Crippen LogP contribution < -0.4 is 4.74 Å². The van der Waals surface area contributed by atoms with Crippen molar-refractivity contribution < 1.29 is 22.4 Å². The van der Waals surface area contributed by atoms with Crippen molar-refractivity contribution in [3.05, 3.63) is 24.3 Å². The number of methoxy groups -OCH3 is 1. The SMILES string of the molecule is COC(C)Oc1ccc(S(=O)(=O)O)cc1. The van der Waals surface area contributed by atoms with Gasteiger partial charge in [-0.25, -0.2) is 0 Å². The fourth-order valence-corrected chi connectivity index (χ4v) is 1.41. The van der Waals surface area contributed by atoms with Gasteiger partial charge in [0.1, 0.15) is 5.75 Å². The molecular weight excluding hydrogens is 220 g/mol. The fraction of sp³-hybridized carbons (Fsp3) is 0.333. The molecule has 0 saturated carbocycles. The zero-order chi connectivity index (χ0) is 11.5. The van der Waals surface area contributed by atoms with Gasteiger partial charge in [0.25, 0.3) is 10.1 Å². The Hall–Kier alpha value is -1.11. The molecule has 1 unspecified atom stereocenters. The average Bonchev–Trinajstić information content (AvgIpc) is 2.17. The van der Waals surface area contributed by atoms with E-state index in [9.17, 15) is 8.42 Å². The van der Waals surface area contributed by atoms with Gasteiger partial charge in [-0.3, -0.25) is 4.55 Å². The minimum atomic E-state index is -4.14. The quantitative estimate of drug-likeness (QED) is 0.625. The average molecular weight is 232 g/mol. The van der Waals surface area contributed by atoms with Gasteiger partial charge < -0.3 is 9.47 Å². The first kappa shape index (κ1) is 12.0. The van der Waals surface area contributed by atoms with Gasteiger partial charge in [-0.15, -0.1) is 0 Å². The Morgan fingerprint density at radius 1 is 1.27 bits per heavy atom. The highest BCUT2D eigenvalue weighted by Crippen LogP contribution is 2.16. The molecule has 0 aliphatic heterocycles. The van der Waals surface area contributed by atoms with Crippen LogP contribution in [0.25, 0.3) is 0 Å². The van der Waals surface area contributed by atoms with Crippen LogP contribution >= 0.6 is 0 Å².